The van der Waals surface area contributed by atoms with Crippen LogP contribution in [0, 0.1) is 5.41 Å². The average molecular weight is 436 g/mol. The third kappa shape index (κ3) is 6.42. The number of nitrogens with zero attached hydrogens (tertiary/aromatic N) is 2. The Bertz CT molecular complexity index is 870. The van der Waals surface area contributed by atoms with Crippen LogP contribution < -0.4 is 5.32 Å². The van der Waals surface area contributed by atoms with E-state index >= 15 is 0 Å². The van der Waals surface area contributed by atoms with Crippen LogP contribution >= 0.6 is 0 Å². The van der Waals surface area contributed by atoms with Gasteiger partial charge in [0.25, 0.3) is 0 Å². The molecule has 0 aromatic heterocycles. The number of rotatable bonds is 9. The number of piperidine rings is 1. The predicted octanol–water partition coefficient (Wildman–Crippen LogP) is 3.32. The smallest absolute Gasteiger partial charge is 0.236 e. The minimum atomic E-state index is -0.470. The second kappa shape index (κ2) is 11.3. The first-order chi connectivity index (χ1) is 15.4. The maximum absolute atomic E-state index is 13.4. The fourth-order valence-corrected chi connectivity index (χ4v) is 4.47. The normalized spacial score (nSPS) is 15.6. The lowest BCUT2D eigenvalue weighted by molar-refractivity contribution is -0.141. The molecule has 1 aliphatic rings. The van der Waals surface area contributed by atoms with Crippen LogP contribution in [-0.2, 0) is 28.9 Å². The fraction of sp³-hybridized carbons (Fsp3) is 0.481. The van der Waals surface area contributed by atoms with Crippen LogP contribution in [0.5, 0.6) is 0 Å². The van der Waals surface area contributed by atoms with E-state index in [1.807, 2.05) is 42.1 Å². The van der Waals surface area contributed by atoms with E-state index in [0.29, 0.717) is 45.4 Å². The maximum atomic E-state index is 13.4. The number of amides is 2. The van der Waals surface area contributed by atoms with Crippen LogP contribution in [0.3, 0.4) is 0 Å². The van der Waals surface area contributed by atoms with Gasteiger partial charge in [0.2, 0.25) is 11.8 Å². The third-order valence-corrected chi connectivity index (χ3v) is 6.52. The molecular formula is C27H37N3O2. The molecule has 0 atom stereocenters. The van der Waals surface area contributed by atoms with Crippen molar-refractivity contribution in [1.29, 1.82) is 0 Å². The number of likely N-dealkylation sites (N-methyl/N-ethyl adjacent to an activating group) is 1. The van der Waals surface area contributed by atoms with E-state index in [1.54, 1.807) is 0 Å². The van der Waals surface area contributed by atoms with E-state index < -0.39 is 5.41 Å². The third-order valence-electron chi connectivity index (χ3n) is 6.52. The van der Waals surface area contributed by atoms with Gasteiger partial charge in [0.15, 0.2) is 0 Å². The molecule has 5 nitrogen and oxygen atoms in total. The molecule has 0 bridgehead atoms. The van der Waals surface area contributed by atoms with Crippen LogP contribution in [0.4, 0.5) is 0 Å². The number of carbonyl (C=O) groups excluding carboxylic acids is 2. The Kier molecular flexibility index (Phi) is 8.46. The quantitative estimate of drug-likeness (QED) is 0.657. The van der Waals surface area contributed by atoms with Crippen molar-refractivity contribution in [2.75, 3.05) is 40.3 Å². The molecule has 1 heterocycles. The van der Waals surface area contributed by atoms with Crippen LogP contribution in [0.25, 0.3) is 0 Å². The number of nitrogens with one attached hydrogen (secondary N) is 1. The Labute approximate surface area is 192 Å². The first-order valence-corrected chi connectivity index (χ1v) is 11.7. The molecule has 1 fully saturated rings. The highest BCUT2D eigenvalue weighted by molar-refractivity contribution is 5.84. The molecule has 1 saturated heterocycles. The van der Waals surface area contributed by atoms with Crippen molar-refractivity contribution in [2.24, 2.45) is 5.41 Å². The molecule has 32 heavy (non-hydrogen) atoms. The first kappa shape index (κ1) is 24.0. The largest absolute Gasteiger partial charge is 0.355 e. The van der Waals surface area contributed by atoms with Gasteiger partial charge in [-0.3, -0.25) is 9.59 Å². The van der Waals surface area contributed by atoms with Gasteiger partial charge in [0, 0.05) is 19.6 Å². The van der Waals surface area contributed by atoms with Gasteiger partial charge in [-0.1, -0.05) is 61.5 Å². The lowest BCUT2D eigenvalue weighted by Crippen LogP contribution is -2.52. The molecule has 2 aromatic carbocycles. The van der Waals surface area contributed by atoms with Crippen molar-refractivity contribution in [2.45, 2.75) is 39.0 Å². The number of likely N-dealkylation sites (tertiary alicyclic amines) is 1. The van der Waals surface area contributed by atoms with Crippen molar-refractivity contribution in [3.8, 4) is 0 Å². The van der Waals surface area contributed by atoms with Gasteiger partial charge in [-0.2, -0.15) is 0 Å². The molecule has 1 aliphatic heterocycles. The molecule has 3 rings (SSSR count). The molecule has 0 aliphatic carbocycles. The Morgan fingerprint density at radius 1 is 0.938 bits per heavy atom. The second-order valence-corrected chi connectivity index (χ2v) is 9.24. The van der Waals surface area contributed by atoms with Crippen molar-refractivity contribution < 1.29 is 9.59 Å². The summed E-state index contributed by atoms with van der Waals surface area (Å²) >= 11 is 0. The summed E-state index contributed by atoms with van der Waals surface area (Å²) < 4.78 is 0. The highest BCUT2D eigenvalue weighted by Crippen LogP contribution is 2.35. The number of hydrogen-bond donors (Lipinski definition) is 1. The second-order valence-electron chi connectivity index (χ2n) is 9.24. The van der Waals surface area contributed by atoms with E-state index in [0.717, 1.165) is 12.8 Å². The highest BCUT2D eigenvalue weighted by Gasteiger charge is 2.42. The summed E-state index contributed by atoms with van der Waals surface area (Å²) in [5.74, 6) is 0.255. The lowest BCUT2D eigenvalue weighted by atomic mass is 9.73. The molecule has 1 N–H and O–H groups in total. The van der Waals surface area contributed by atoms with Gasteiger partial charge in [-0.15, -0.1) is 0 Å². The van der Waals surface area contributed by atoms with Gasteiger partial charge in [-0.05, 0) is 62.9 Å². The fourth-order valence-electron chi connectivity index (χ4n) is 4.47. The highest BCUT2D eigenvalue weighted by atomic mass is 16.2. The zero-order valence-electron chi connectivity index (χ0n) is 19.8. The van der Waals surface area contributed by atoms with E-state index in [2.05, 4.69) is 48.6 Å². The van der Waals surface area contributed by atoms with Crippen LogP contribution in [0.2, 0.25) is 0 Å². The van der Waals surface area contributed by atoms with Gasteiger partial charge in [0.05, 0.1) is 12.0 Å². The summed E-state index contributed by atoms with van der Waals surface area (Å²) in [5, 5.41) is 3.22. The molecular weight excluding hydrogens is 398 g/mol. The Morgan fingerprint density at radius 3 is 2.16 bits per heavy atom. The van der Waals surface area contributed by atoms with Crippen molar-refractivity contribution in [3.63, 3.8) is 0 Å². The Balaban J connectivity index is 1.64. The number of benzene rings is 2. The summed E-state index contributed by atoms with van der Waals surface area (Å²) in [6.07, 6.45) is 3.95. The van der Waals surface area contributed by atoms with Crippen molar-refractivity contribution >= 4 is 11.8 Å². The molecule has 0 saturated carbocycles. The SMILES string of the molecule is CCc1ccc(CCNC(=O)C2(Cc3ccccc3)CCN(C(=O)CN(C)C)CC2)cc1. The molecule has 0 radical (unpaired) electrons. The van der Waals surface area contributed by atoms with Crippen molar-refractivity contribution in [3.05, 3.63) is 71.3 Å². The summed E-state index contributed by atoms with van der Waals surface area (Å²) in [7, 11) is 3.82. The standard InChI is InChI=1S/C27H37N3O2/c1-4-22-10-12-23(13-11-22)14-17-28-26(32)27(20-24-8-6-5-7-9-24)15-18-30(19-16-27)25(31)21-29(2)3/h5-13H,4,14-21H2,1-3H3,(H,28,32). The maximum Gasteiger partial charge on any atom is 0.236 e. The number of carbonyl (C=O) groups is 2. The zero-order valence-corrected chi connectivity index (χ0v) is 19.8. The van der Waals surface area contributed by atoms with E-state index in [4.69, 9.17) is 0 Å². The van der Waals surface area contributed by atoms with Crippen molar-refractivity contribution in [1.82, 2.24) is 15.1 Å². The average Bonchev–Trinajstić information content (AvgIpc) is 2.80. The van der Waals surface area contributed by atoms with E-state index in [9.17, 15) is 9.59 Å². The molecule has 5 heteroatoms. The molecule has 172 valence electrons. The monoisotopic (exact) mass is 435 g/mol. The van der Waals surface area contributed by atoms with Gasteiger partial charge < -0.3 is 15.1 Å². The summed E-state index contributed by atoms with van der Waals surface area (Å²) in [6, 6.07) is 18.9. The van der Waals surface area contributed by atoms with Gasteiger partial charge >= 0.3 is 0 Å². The van der Waals surface area contributed by atoms with Gasteiger partial charge in [0.1, 0.15) is 0 Å². The predicted molar refractivity (Wildman–Crippen MR) is 129 cm³/mol. The number of aryl methyl sites for hydroxylation is 1. The first-order valence-electron chi connectivity index (χ1n) is 11.7. The molecule has 2 aromatic rings. The Morgan fingerprint density at radius 2 is 1.56 bits per heavy atom. The molecule has 0 unspecified atom stereocenters. The van der Waals surface area contributed by atoms with Crippen LogP contribution in [-0.4, -0.2) is 61.9 Å². The van der Waals surface area contributed by atoms with Gasteiger partial charge in [-0.25, -0.2) is 0 Å². The van der Waals surface area contributed by atoms with E-state index in [-0.39, 0.29) is 11.8 Å². The summed E-state index contributed by atoms with van der Waals surface area (Å²) in [4.78, 5) is 29.8. The topological polar surface area (TPSA) is 52.7 Å². The molecule has 2 amide bonds. The minimum Gasteiger partial charge on any atom is -0.355 e. The summed E-state index contributed by atoms with van der Waals surface area (Å²) in [5.41, 5.74) is 3.27. The zero-order chi connectivity index (χ0) is 23.0. The lowest BCUT2D eigenvalue weighted by Gasteiger charge is -2.41. The molecule has 0 spiro atoms. The van der Waals surface area contributed by atoms with Crippen LogP contribution in [0.1, 0.15) is 36.5 Å². The number of hydrogen-bond acceptors (Lipinski definition) is 3. The minimum absolute atomic E-state index is 0.117. The van der Waals surface area contributed by atoms with Crippen LogP contribution in [0.15, 0.2) is 54.6 Å². The Hall–Kier alpha value is -2.66. The van der Waals surface area contributed by atoms with E-state index in [1.165, 1.54) is 16.7 Å². The summed E-state index contributed by atoms with van der Waals surface area (Å²) in [6.45, 7) is 4.45.